The predicted molar refractivity (Wildman–Crippen MR) is 84.3 cm³/mol. The van der Waals surface area contributed by atoms with Crippen molar-refractivity contribution in [2.75, 3.05) is 12.4 Å². The first-order valence-corrected chi connectivity index (χ1v) is 6.80. The van der Waals surface area contributed by atoms with Gasteiger partial charge in [-0.05, 0) is 35.9 Å². The summed E-state index contributed by atoms with van der Waals surface area (Å²) in [7, 11) is 1.38. The van der Waals surface area contributed by atoms with Gasteiger partial charge in [0.15, 0.2) is 11.5 Å². The van der Waals surface area contributed by atoms with Crippen LogP contribution in [0.2, 0.25) is 5.02 Å². The number of halogens is 1. The molecule has 0 radical (unpaired) electrons. The molecular formula is C16H12ClNO4. The molecule has 22 heavy (non-hydrogen) atoms. The SMILES string of the molecule is COc1cc(C=C2C(=O)Nc3cc(Cl)ccc32)cc(O)c1O. The highest BCUT2D eigenvalue weighted by atomic mass is 35.5. The van der Waals surface area contributed by atoms with Crippen molar-refractivity contribution < 1.29 is 19.7 Å². The number of benzene rings is 2. The Bertz CT molecular complexity index is 814. The average molecular weight is 318 g/mol. The third-order valence-electron chi connectivity index (χ3n) is 3.37. The molecule has 0 saturated heterocycles. The van der Waals surface area contributed by atoms with E-state index in [4.69, 9.17) is 16.3 Å². The fourth-order valence-corrected chi connectivity index (χ4v) is 2.50. The molecule has 3 rings (SSSR count). The van der Waals surface area contributed by atoms with Crippen LogP contribution in [0.3, 0.4) is 0 Å². The number of carbonyl (C=O) groups excluding carboxylic acids is 1. The molecule has 1 aliphatic heterocycles. The van der Waals surface area contributed by atoms with Gasteiger partial charge in [0.25, 0.3) is 5.91 Å². The van der Waals surface area contributed by atoms with Gasteiger partial charge < -0.3 is 20.3 Å². The fourth-order valence-electron chi connectivity index (χ4n) is 2.33. The summed E-state index contributed by atoms with van der Waals surface area (Å²) < 4.78 is 4.99. The molecule has 3 N–H and O–H groups in total. The van der Waals surface area contributed by atoms with E-state index in [-0.39, 0.29) is 23.2 Å². The molecule has 0 spiro atoms. The highest BCUT2D eigenvalue weighted by Gasteiger charge is 2.24. The molecule has 0 saturated carbocycles. The summed E-state index contributed by atoms with van der Waals surface area (Å²) in [5, 5.41) is 22.6. The Morgan fingerprint density at radius 1 is 1.23 bits per heavy atom. The van der Waals surface area contributed by atoms with Crippen LogP contribution in [0.4, 0.5) is 5.69 Å². The highest BCUT2D eigenvalue weighted by molar-refractivity contribution is 6.36. The largest absolute Gasteiger partial charge is 0.504 e. The minimum Gasteiger partial charge on any atom is -0.504 e. The maximum absolute atomic E-state index is 12.1. The first-order valence-electron chi connectivity index (χ1n) is 6.42. The van der Waals surface area contributed by atoms with Gasteiger partial charge in [0.05, 0.1) is 12.8 Å². The van der Waals surface area contributed by atoms with E-state index in [1.807, 2.05) is 0 Å². The molecule has 0 atom stereocenters. The number of aromatic hydroxyl groups is 2. The molecule has 1 aliphatic rings. The summed E-state index contributed by atoms with van der Waals surface area (Å²) in [6.45, 7) is 0. The summed E-state index contributed by atoms with van der Waals surface area (Å²) in [6, 6.07) is 8.00. The summed E-state index contributed by atoms with van der Waals surface area (Å²) >= 11 is 5.91. The lowest BCUT2D eigenvalue weighted by molar-refractivity contribution is -0.110. The molecule has 2 aromatic carbocycles. The third kappa shape index (κ3) is 2.35. The van der Waals surface area contributed by atoms with E-state index in [1.165, 1.54) is 19.2 Å². The Morgan fingerprint density at radius 2 is 2.00 bits per heavy atom. The summed E-state index contributed by atoms with van der Waals surface area (Å²) in [6.07, 6.45) is 1.61. The van der Waals surface area contributed by atoms with E-state index < -0.39 is 0 Å². The van der Waals surface area contributed by atoms with Crippen LogP contribution in [0, 0.1) is 0 Å². The van der Waals surface area contributed by atoms with Crippen LogP contribution in [0.1, 0.15) is 11.1 Å². The first kappa shape index (κ1) is 14.3. The zero-order valence-electron chi connectivity index (χ0n) is 11.6. The molecule has 0 aromatic heterocycles. The summed E-state index contributed by atoms with van der Waals surface area (Å²) in [4.78, 5) is 12.1. The lowest BCUT2D eigenvalue weighted by atomic mass is 10.0. The van der Waals surface area contributed by atoms with Gasteiger partial charge in [0, 0.05) is 16.2 Å². The molecule has 1 heterocycles. The molecule has 0 bridgehead atoms. The number of nitrogens with one attached hydrogen (secondary N) is 1. The minimum atomic E-state index is -0.340. The lowest BCUT2D eigenvalue weighted by Crippen LogP contribution is -2.03. The van der Waals surface area contributed by atoms with Gasteiger partial charge in [-0.1, -0.05) is 17.7 Å². The topological polar surface area (TPSA) is 78.8 Å². The van der Waals surface area contributed by atoms with Crippen LogP contribution in [0.5, 0.6) is 17.2 Å². The Hall–Kier alpha value is -2.66. The molecule has 1 amide bonds. The highest BCUT2D eigenvalue weighted by Crippen LogP contribution is 2.39. The number of phenols is 2. The Kier molecular flexibility index (Phi) is 3.42. The van der Waals surface area contributed by atoms with E-state index in [9.17, 15) is 15.0 Å². The lowest BCUT2D eigenvalue weighted by Gasteiger charge is -2.07. The van der Waals surface area contributed by atoms with Crippen LogP contribution in [0.15, 0.2) is 30.3 Å². The number of ether oxygens (including phenoxy) is 1. The second kappa shape index (κ2) is 5.27. The van der Waals surface area contributed by atoms with Crippen molar-refractivity contribution in [3.8, 4) is 17.2 Å². The smallest absolute Gasteiger partial charge is 0.256 e. The van der Waals surface area contributed by atoms with E-state index in [0.717, 1.165) is 5.56 Å². The van der Waals surface area contributed by atoms with E-state index in [1.54, 1.807) is 24.3 Å². The Morgan fingerprint density at radius 3 is 2.73 bits per heavy atom. The normalized spacial score (nSPS) is 14.8. The van der Waals surface area contributed by atoms with E-state index in [2.05, 4.69) is 5.32 Å². The molecule has 2 aromatic rings. The van der Waals surface area contributed by atoms with Crippen LogP contribution in [-0.2, 0) is 4.79 Å². The fraction of sp³-hybridized carbons (Fsp3) is 0.0625. The van der Waals surface area contributed by atoms with Gasteiger partial charge in [-0.15, -0.1) is 0 Å². The number of hydrogen-bond acceptors (Lipinski definition) is 4. The van der Waals surface area contributed by atoms with Crippen molar-refractivity contribution in [2.45, 2.75) is 0 Å². The number of hydrogen-bond donors (Lipinski definition) is 3. The van der Waals surface area contributed by atoms with Crippen molar-refractivity contribution in [1.82, 2.24) is 0 Å². The van der Waals surface area contributed by atoms with E-state index in [0.29, 0.717) is 21.8 Å². The van der Waals surface area contributed by atoms with Gasteiger partial charge in [0.1, 0.15) is 0 Å². The van der Waals surface area contributed by atoms with Crippen molar-refractivity contribution >= 4 is 34.8 Å². The van der Waals surface area contributed by atoms with Crippen LogP contribution >= 0.6 is 11.6 Å². The molecule has 0 aliphatic carbocycles. The molecule has 0 fully saturated rings. The zero-order valence-corrected chi connectivity index (χ0v) is 12.3. The average Bonchev–Trinajstić information content (AvgIpc) is 2.77. The van der Waals surface area contributed by atoms with Gasteiger partial charge >= 0.3 is 0 Å². The standard InChI is InChI=1S/C16H12ClNO4/c1-22-14-6-8(5-13(19)15(14)20)4-11-10-3-2-9(17)7-12(10)18-16(11)21/h2-7,19-20H,1H3,(H,18,21). The maximum Gasteiger partial charge on any atom is 0.256 e. The Labute approximate surface area is 131 Å². The van der Waals surface area contributed by atoms with Crippen LogP contribution < -0.4 is 10.1 Å². The predicted octanol–water partition coefficient (Wildman–Crippen LogP) is 3.25. The van der Waals surface area contributed by atoms with Gasteiger partial charge in [-0.25, -0.2) is 0 Å². The van der Waals surface area contributed by atoms with Crippen LogP contribution in [0.25, 0.3) is 11.6 Å². The van der Waals surface area contributed by atoms with Crippen LogP contribution in [-0.4, -0.2) is 23.2 Å². The number of amides is 1. The molecular weight excluding hydrogens is 306 g/mol. The molecule has 0 unspecified atom stereocenters. The number of methoxy groups -OCH3 is 1. The van der Waals surface area contributed by atoms with Gasteiger partial charge in [-0.3, -0.25) is 4.79 Å². The van der Waals surface area contributed by atoms with Crippen molar-refractivity contribution in [3.05, 3.63) is 46.5 Å². The second-order valence-corrected chi connectivity index (χ2v) is 5.23. The third-order valence-corrected chi connectivity index (χ3v) is 3.61. The number of carbonyl (C=O) groups is 1. The first-order chi connectivity index (χ1) is 10.5. The number of anilines is 1. The summed E-state index contributed by atoms with van der Waals surface area (Å²) in [5.74, 6) is -0.793. The second-order valence-electron chi connectivity index (χ2n) is 4.79. The minimum absolute atomic E-state index is 0.126. The number of rotatable bonds is 2. The van der Waals surface area contributed by atoms with Crippen molar-refractivity contribution in [3.63, 3.8) is 0 Å². The number of phenolic OH excluding ortho intramolecular Hbond substituents is 2. The quantitative estimate of drug-likeness (QED) is 0.587. The monoisotopic (exact) mass is 317 g/mol. The van der Waals surface area contributed by atoms with Crippen molar-refractivity contribution in [2.24, 2.45) is 0 Å². The molecule has 5 nitrogen and oxygen atoms in total. The van der Waals surface area contributed by atoms with Crippen molar-refractivity contribution in [1.29, 1.82) is 0 Å². The van der Waals surface area contributed by atoms with Gasteiger partial charge in [-0.2, -0.15) is 0 Å². The van der Waals surface area contributed by atoms with E-state index >= 15 is 0 Å². The maximum atomic E-state index is 12.1. The zero-order chi connectivity index (χ0) is 15.9. The Balaban J connectivity index is 2.10. The molecule has 112 valence electrons. The van der Waals surface area contributed by atoms with Gasteiger partial charge in [0.2, 0.25) is 5.75 Å². The molecule has 6 heteroatoms. The number of fused-ring (bicyclic) bond motifs is 1. The summed E-state index contributed by atoms with van der Waals surface area (Å²) in [5.41, 5.74) is 2.33.